The molecule has 5 N–H and O–H groups in total. The van der Waals surface area contributed by atoms with Crippen LogP contribution in [0.1, 0.15) is 31.1 Å². The number of amides is 1. The minimum atomic E-state index is -0.643. The Bertz CT molecular complexity index is 1750. The third-order valence-electron chi connectivity index (χ3n) is 6.26. The largest absolute Gasteiger partial charge is 0.508 e. The third-order valence-corrected chi connectivity index (χ3v) is 6.26. The number of hydrogen-bond donors (Lipinski definition) is 5. The van der Waals surface area contributed by atoms with E-state index in [2.05, 4.69) is 21.6 Å². The van der Waals surface area contributed by atoms with Crippen molar-refractivity contribution in [3.8, 4) is 5.75 Å². The van der Waals surface area contributed by atoms with Gasteiger partial charge in [-0.15, -0.1) is 0 Å². The summed E-state index contributed by atoms with van der Waals surface area (Å²) < 4.78 is 0. The van der Waals surface area contributed by atoms with Gasteiger partial charge in [-0.2, -0.15) is 0 Å². The van der Waals surface area contributed by atoms with Gasteiger partial charge in [-0.05, 0) is 102 Å². The number of rotatable bonds is 9. The van der Waals surface area contributed by atoms with Crippen LogP contribution in [0.15, 0.2) is 109 Å². The van der Waals surface area contributed by atoms with E-state index < -0.39 is 17.8 Å². The predicted octanol–water partition coefficient (Wildman–Crippen LogP) is 6.21. The molecule has 5 aromatic rings. The molecule has 0 fully saturated rings. The minimum Gasteiger partial charge on any atom is -0.508 e. The van der Waals surface area contributed by atoms with Crippen LogP contribution >= 0.6 is 0 Å². The summed E-state index contributed by atoms with van der Waals surface area (Å²) in [6.07, 6.45) is 0. The number of fused-ring (bicyclic) bond motifs is 1. The van der Waals surface area contributed by atoms with Crippen LogP contribution in [-0.4, -0.2) is 30.0 Å². The molecule has 0 saturated heterocycles. The smallest absolute Gasteiger partial charge is 0.362 e. The third kappa shape index (κ3) is 6.75. The molecule has 0 aliphatic heterocycles. The second-order valence-electron chi connectivity index (χ2n) is 9.17. The summed E-state index contributed by atoms with van der Waals surface area (Å²) in [5.74, 6) is -1.50. The van der Waals surface area contributed by atoms with Gasteiger partial charge in [0.05, 0.1) is 22.5 Å². The molecular formula is C32H26N4O6. The fourth-order valence-electron chi connectivity index (χ4n) is 4.01. The molecule has 0 spiro atoms. The number of carbonyl (C=O) groups is 3. The first-order valence-electron chi connectivity index (χ1n) is 12.8. The Morgan fingerprint density at radius 2 is 1.10 bits per heavy atom. The highest BCUT2D eigenvalue weighted by molar-refractivity contribution is 6.05. The molecule has 5 aromatic carbocycles. The quantitative estimate of drug-likeness (QED) is 0.133. The molecule has 10 nitrogen and oxygen atoms in total. The Kier molecular flexibility index (Phi) is 8.15. The summed E-state index contributed by atoms with van der Waals surface area (Å²) in [4.78, 5) is 48.1. The molecule has 0 aromatic heterocycles. The van der Waals surface area contributed by atoms with Gasteiger partial charge in [-0.3, -0.25) is 4.79 Å². The van der Waals surface area contributed by atoms with Crippen LogP contribution in [0.2, 0.25) is 0 Å². The Balaban J connectivity index is 1.14. The lowest BCUT2D eigenvalue weighted by Gasteiger charge is -2.10. The van der Waals surface area contributed by atoms with Gasteiger partial charge in [0.25, 0.3) is 5.91 Å². The van der Waals surface area contributed by atoms with E-state index in [0.717, 1.165) is 16.5 Å². The number of nitrogens with one attached hydrogen (secondary N) is 4. The zero-order valence-corrected chi connectivity index (χ0v) is 22.4. The molecule has 210 valence electrons. The van der Waals surface area contributed by atoms with Crippen molar-refractivity contribution in [2.45, 2.75) is 0 Å². The second-order valence-corrected chi connectivity index (χ2v) is 9.17. The molecule has 0 bridgehead atoms. The van der Waals surface area contributed by atoms with E-state index in [1.807, 2.05) is 12.1 Å². The Morgan fingerprint density at radius 3 is 1.74 bits per heavy atom. The van der Waals surface area contributed by atoms with Gasteiger partial charge in [0.15, 0.2) is 0 Å². The fraction of sp³-hybridized carbons (Fsp3) is 0.0312. The van der Waals surface area contributed by atoms with Crippen LogP contribution in [-0.2, 0) is 9.68 Å². The van der Waals surface area contributed by atoms with E-state index in [1.54, 1.807) is 98.0 Å². The molecule has 5 rings (SSSR count). The van der Waals surface area contributed by atoms with Gasteiger partial charge in [-0.1, -0.05) is 18.2 Å². The Morgan fingerprint density at radius 1 is 0.571 bits per heavy atom. The molecule has 0 heterocycles. The SMILES string of the molecule is CNc1ccc(NOC(=O)c2cccc(C(=O)Nc3ccc(NOC(=O)c4ccc5cc(O)ccc5c4)cc3)c2)cc1. The lowest BCUT2D eigenvalue weighted by molar-refractivity contribution is 0.0587. The van der Waals surface area contributed by atoms with E-state index in [4.69, 9.17) is 9.68 Å². The Labute approximate surface area is 240 Å². The lowest BCUT2D eigenvalue weighted by atomic mass is 10.1. The number of hydrogen-bond acceptors (Lipinski definition) is 9. The first kappa shape index (κ1) is 27.5. The monoisotopic (exact) mass is 562 g/mol. The molecule has 0 aliphatic rings. The van der Waals surface area contributed by atoms with Gasteiger partial charge < -0.3 is 25.4 Å². The van der Waals surface area contributed by atoms with E-state index in [-0.39, 0.29) is 16.9 Å². The summed E-state index contributed by atoms with van der Waals surface area (Å²) >= 11 is 0. The van der Waals surface area contributed by atoms with Crippen molar-refractivity contribution >= 4 is 51.4 Å². The highest BCUT2D eigenvalue weighted by Crippen LogP contribution is 2.22. The average molecular weight is 563 g/mol. The van der Waals surface area contributed by atoms with Gasteiger partial charge >= 0.3 is 11.9 Å². The van der Waals surface area contributed by atoms with Crippen LogP contribution < -0.4 is 21.6 Å². The van der Waals surface area contributed by atoms with E-state index in [0.29, 0.717) is 22.6 Å². The summed E-state index contributed by atoms with van der Waals surface area (Å²) in [5, 5.41) is 16.9. The van der Waals surface area contributed by atoms with Crippen molar-refractivity contribution in [3.63, 3.8) is 0 Å². The van der Waals surface area contributed by atoms with Crippen LogP contribution in [0.4, 0.5) is 22.7 Å². The summed E-state index contributed by atoms with van der Waals surface area (Å²) in [5.41, 5.74) is 8.51. The van der Waals surface area contributed by atoms with E-state index >= 15 is 0 Å². The molecule has 0 saturated carbocycles. The number of carbonyl (C=O) groups excluding carboxylic acids is 3. The number of phenolic OH excluding ortho intramolecular Hbond substituents is 1. The number of benzene rings is 5. The maximum atomic E-state index is 12.8. The normalized spacial score (nSPS) is 10.4. The summed E-state index contributed by atoms with van der Waals surface area (Å²) in [7, 11) is 1.81. The molecule has 0 aliphatic carbocycles. The van der Waals surface area contributed by atoms with E-state index in [9.17, 15) is 19.5 Å². The van der Waals surface area contributed by atoms with Crippen molar-refractivity contribution in [1.82, 2.24) is 0 Å². The highest BCUT2D eigenvalue weighted by atomic mass is 16.7. The molecule has 0 radical (unpaired) electrons. The van der Waals surface area contributed by atoms with Gasteiger partial charge in [-0.25, -0.2) is 20.5 Å². The van der Waals surface area contributed by atoms with E-state index in [1.165, 1.54) is 6.07 Å². The van der Waals surface area contributed by atoms with Crippen molar-refractivity contribution in [1.29, 1.82) is 0 Å². The van der Waals surface area contributed by atoms with Crippen LogP contribution in [0.3, 0.4) is 0 Å². The van der Waals surface area contributed by atoms with Crippen molar-refractivity contribution in [3.05, 3.63) is 126 Å². The lowest BCUT2D eigenvalue weighted by Crippen LogP contribution is -2.15. The average Bonchev–Trinajstić information content (AvgIpc) is 3.03. The van der Waals surface area contributed by atoms with Crippen molar-refractivity contribution < 1.29 is 29.2 Å². The molecule has 0 unspecified atom stereocenters. The Hall–Kier alpha value is -6.03. The molecule has 1 amide bonds. The number of anilines is 4. The van der Waals surface area contributed by atoms with Crippen LogP contribution in [0.5, 0.6) is 5.75 Å². The number of phenols is 1. The highest BCUT2D eigenvalue weighted by Gasteiger charge is 2.13. The van der Waals surface area contributed by atoms with Gasteiger partial charge in [0.2, 0.25) is 0 Å². The minimum absolute atomic E-state index is 0.146. The van der Waals surface area contributed by atoms with Crippen molar-refractivity contribution in [2.75, 3.05) is 28.6 Å². The fourth-order valence-corrected chi connectivity index (χ4v) is 4.01. The first-order chi connectivity index (χ1) is 20.4. The zero-order valence-electron chi connectivity index (χ0n) is 22.4. The van der Waals surface area contributed by atoms with Crippen molar-refractivity contribution in [2.24, 2.45) is 0 Å². The second kappa shape index (κ2) is 12.4. The molecule has 0 atom stereocenters. The van der Waals surface area contributed by atoms with Gasteiger partial charge in [0.1, 0.15) is 5.75 Å². The molecule has 42 heavy (non-hydrogen) atoms. The van der Waals surface area contributed by atoms with Crippen LogP contribution in [0, 0.1) is 0 Å². The number of aromatic hydroxyl groups is 1. The maximum absolute atomic E-state index is 12.8. The first-order valence-corrected chi connectivity index (χ1v) is 12.8. The maximum Gasteiger partial charge on any atom is 0.362 e. The van der Waals surface area contributed by atoms with Crippen LogP contribution in [0.25, 0.3) is 10.8 Å². The topological polar surface area (TPSA) is 138 Å². The zero-order chi connectivity index (χ0) is 29.5. The summed E-state index contributed by atoms with van der Waals surface area (Å²) in [6.45, 7) is 0. The van der Waals surface area contributed by atoms with Gasteiger partial charge in [0, 0.05) is 24.0 Å². The molecular weight excluding hydrogens is 536 g/mol. The standard InChI is InChI=1S/C32H26N4O6/c1-33-25-8-12-27(13-9-25)35-41-31(39)23-4-2-3-22(18-23)30(38)34-26-10-14-28(15-11-26)36-42-32(40)24-6-5-21-19-29(37)16-7-20(21)17-24/h2-19,33,35-37H,1H3,(H,34,38). The summed E-state index contributed by atoms with van der Waals surface area (Å²) in [6, 6.07) is 29.8. The molecule has 10 heteroatoms. The predicted molar refractivity (Wildman–Crippen MR) is 161 cm³/mol.